The second kappa shape index (κ2) is 4.28. The van der Waals surface area contributed by atoms with Gasteiger partial charge in [0.2, 0.25) is 0 Å². The van der Waals surface area contributed by atoms with E-state index in [2.05, 4.69) is 10.2 Å². The number of carboxylic acids is 1. The Balaban J connectivity index is 2.91. The maximum Gasteiger partial charge on any atom is 0.319 e. The minimum Gasteiger partial charge on any atom is -0.480 e. The Kier molecular flexibility index (Phi) is 3.27. The molecule has 1 aromatic rings. The molecule has 1 rings (SSSR count). The summed E-state index contributed by atoms with van der Waals surface area (Å²) in [5.41, 5.74) is 0.369. The number of aromatic nitrogens is 2. The van der Waals surface area contributed by atoms with Gasteiger partial charge in [0.05, 0.1) is 11.8 Å². The van der Waals surface area contributed by atoms with Crippen LogP contribution in [0.2, 0.25) is 0 Å². The van der Waals surface area contributed by atoms with Crippen LogP contribution in [0, 0.1) is 11.3 Å². The first-order valence-corrected chi connectivity index (χ1v) is 4.92. The van der Waals surface area contributed by atoms with Crippen LogP contribution in [0.3, 0.4) is 0 Å². The zero-order valence-electron chi connectivity index (χ0n) is 8.26. The Morgan fingerprint density at radius 1 is 1.67 bits per heavy atom. The predicted octanol–water partition coefficient (Wildman–Crippen LogP) is 1.30. The number of nitrogens with zero attached hydrogens (tertiary/aromatic N) is 3. The summed E-state index contributed by atoms with van der Waals surface area (Å²) in [6, 6.07) is 3.44. The highest BCUT2D eigenvalue weighted by Crippen LogP contribution is 2.30. The van der Waals surface area contributed by atoms with Crippen molar-refractivity contribution >= 4 is 17.7 Å². The summed E-state index contributed by atoms with van der Waals surface area (Å²) < 4.78 is -0.983. The second-order valence-corrected chi connectivity index (χ2v) is 4.95. The molecule has 0 saturated carbocycles. The van der Waals surface area contributed by atoms with Crippen LogP contribution in [0.1, 0.15) is 19.4 Å². The van der Waals surface area contributed by atoms with Gasteiger partial charge in [-0.05, 0) is 19.9 Å². The SMILES string of the molecule is CC(C)(Sc1cc(C#N)cnn1)C(=O)O. The van der Waals surface area contributed by atoms with Crippen LogP contribution in [-0.2, 0) is 4.79 Å². The van der Waals surface area contributed by atoms with Gasteiger partial charge in [-0.1, -0.05) is 11.8 Å². The van der Waals surface area contributed by atoms with E-state index in [0.29, 0.717) is 10.6 Å². The molecule has 0 aliphatic rings. The fraction of sp³-hybridized carbons (Fsp3) is 0.333. The van der Waals surface area contributed by atoms with E-state index in [-0.39, 0.29) is 0 Å². The van der Waals surface area contributed by atoms with Crippen LogP contribution < -0.4 is 0 Å². The van der Waals surface area contributed by atoms with E-state index in [1.807, 2.05) is 6.07 Å². The molecule has 0 spiro atoms. The van der Waals surface area contributed by atoms with Gasteiger partial charge in [-0.25, -0.2) is 0 Å². The van der Waals surface area contributed by atoms with Crippen molar-refractivity contribution < 1.29 is 9.90 Å². The highest BCUT2D eigenvalue weighted by Gasteiger charge is 2.29. The summed E-state index contributed by atoms with van der Waals surface area (Å²) in [4.78, 5) is 10.8. The molecule has 1 N–H and O–H groups in total. The first-order chi connectivity index (χ1) is 6.95. The van der Waals surface area contributed by atoms with E-state index >= 15 is 0 Å². The van der Waals surface area contributed by atoms with Crippen molar-refractivity contribution in [2.75, 3.05) is 0 Å². The molecule has 1 heterocycles. The lowest BCUT2D eigenvalue weighted by atomic mass is 10.2. The van der Waals surface area contributed by atoms with Crippen LogP contribution in [0.4, 0.5) is 0 Å². The second-order valence-electron chi connectivity index (χ2n) is 3.31. The molecule has 0 atom stereocenters. The quantitative estimate of drug-likeness (QED) is 0.777. The minimum atomic E-state index is -0.983. The Hall–Kier alpha value is -1.61. The normalized spacial score (nSPS) is 10.7. The lowest BCUT2D eigenvalue weighted by Crippen LogP contribution is -2.27. The van der Waals surface area contributed by atoms with Gasteiger partial charge in [0, 0.05) is 0 Å². The van der Waals surface area contributed by atoms with Crippen molar-refractivity contribution in [3.05, 3.63) is 17.8 Å². The van der Waals surface area contributed by atoms with Crippen molar-refractivity contribution in [2.24, 2.45) is 0 Å². The number of carbonyl (C=O) groups is 1. The minimum absolute atomic E-state index is 0.369. The monoisotopic (exact) mass is 223 g/mol. The molecule has 15 heavy (non-hydrogen) atoms. The molecule has 0 aromatic carbocycles. The molecule has 6 heteroatoms. The van der Waals surface area contributed by atoms with Gasteiger partial charge in [-0.2, -0.15) is 10.4 Å². The van der Waals surface area contributed by atoms with Gasteiger partial charge < -0.3 is 5.11 Å². The number of aliphatic carboxylic acids is 1. The van der Waals surface area contributed by atoms with Crippen molar-refractivity contribution in [1.82, 2.24) is 10.2 Å². The molecule has 0 amide bonds. The van der Waals surface area contributed by atoms with Gasteiger partial charge in [0.15, 0.2) is 0 Å². The number of nitriles is 1. The Morgan fingerprint density at radius 2 is 2.33 bits per heavy atom. The fourth-order valence-electron chi connectivity index (χ4n) is 0.763. The molecule has 0 saturated heterocycles. The molecular weight excluding hydrogens is 214 g/mol. The van der Waals surface area contributed by atoms with Crippen LogP contribution in [0.25, 0.3) is 0 Å². The van der Waals surface area contributed by atoms with Crippen molar-refractivity contribution in [2.45, 2.75) is 23.6 Å². The van der Waals surface area contributed by atoms with E-state index in [0.717, 1.165) is 11.8 Å². The summed E-state index contributed by atoms with van der Waals surface area (Å²) in [7, 11) is 0. The largest absolute Gasteiger partial charge is 0.480 e. The Bertz CT molecular complexity index is 426. The standard InChI is InChI=1S/C9H9N3O2S/c1-9(2,8(13)14)15-7-3-6(4-10)5-11-12-7/h3,5H,1-2H3,(H,13,14). The van der Waals surface area contributed by atoms with Gasteiger partial charge >= 0.3 is 5.97 Å². The number of hydrogen-bond acceptors (Lipinski definition) is 5. The van der Waals surface area contributed by atoms with E-state index < -0.39 is 10.7 Å². The summed E-state index contributed by atoms with van der Waals surface area (Å²) in [6.07, 6.45) is 1.33. The summed E-state index contributed by atoms with van der Waals surface area (Å²) >= 11 is 1.06. The van der Waals surface area contributed by atoms with E-state index in [9.17, 15) is 4.79 Å². The van der Waals surface area contributed by atoms with E-state index in [1.54, 1.807) is 13.8 Å². The molecular formula is C9H9N3O2S. The first-order valence-electron chi connectivity index (χ1n) is 4.11. The van der Waals surface area contributed by atoms with Crippen LogP contribution >= 0.6 is 11.8 Å². The average Bonchev–Trinajstić information content (AvgIpc) is 2.17. The maximum absolute atomic E-state index is 10.8. The lowest BCUT2D eigenvalue weighted by molar-refractivity contribution is -0.138. The van der Waals surface area contributed by atoms with Crippen molar-refractivity contribution in [3.63, 3.8) is 0 Å². The lowest BCUT2D eigenvalue weighted by Gasteiger charge is -2.16. The van der Waals surface area contributed by atoms with Gasteiger partial charge in [0.25, 0.3) is 0 Å². The molecule has 0 aliphatic carbocycles. The van der Waals surface area contributed by atoms with Crippen molar-refractivity contribution in [1.29, 1.82) is 5.26 Å². The zero-order valence-corrected chi connectivity index (χ0v) is 9.08. The smallest absolute Gasteiger partial charge is 0.319 e. The summed E-state index contributed by atoms with van der Waals surface area (Å²) in [5.74, 6) is -0.934. The summed E-state index contributed by atoms with van der Waals surface area (Å²) in [5, 5.41) is 25.3. The van der Waals surface area contributed by atoms with E-state index in [1.165, 1.54) is 12.3 Å². The predicted molar refractivity (Wildman–Crippen MR) is 54.3 cm³/mol. The Labute approximate surface area is 91.1 Å². The summed E-state index contributed by atoms with van der Waals surface area (Å²) in [6.45, 7) is 3.14. The molecule has 0 fully saturated rings. The molecule has 0 aliphatic heterocycles. The maximum atomic E-state index is 10.8. The number of thioether (sulfide) groups is 1. The number of rotatable bonds is 3. The highest BCUT2D eigenvalue weighted by atomic mass is 32.2. The molecule has 0 unspecified atom stereocenters. The molecule has 0 radical (unpaired) electrons. The van der Waals surface area contributed by atoms with E-state index in [4.69, 9.17) is 10.4 Å². The third-order valence-corrected chi connectivity index (χ3v) is 2.73. The number of hydrogen-bond donors (Lipinski definition) is 1. The third kappa shape index (κ3) is 2.92. The average molecular weight is 223 g/mol. The molecule has 5 nitrogen and oxygen atoms in total. The molecule has 0 bridgehead atoms. The van der Waals surface area contributed by atoms with Gasteiger partial charge in [-0.3, -0.25) is 4.79 Å². The van der Waals surface area contributed by atoms with Gasteiger partial charge in [0.1, 0.15) is 15.8 Å². The molecule has 78 valence electrons. The highest BCUT2D eigenvalue weighted by molar-refractivity contribution is 8.01. The van der Waals surface area contributed by atoms with Crippen LogP contribution in [0.5, 0.6) is 0 Å². The molecule has 1 aromatic heterocycles. The fourth-order valence-corrected chi connectivity index (χ4v) is 1.65. The van der Waals surface area contributed by atoms with Gasteiger partial charge in [-0.15, -0.1) is 5.10 Å². The third-order valence-electron chi connectivity index (χ3n) is 1.64. The number of carboxylic acid groups (broad SMARTS) is 1. The van der Waals surface area contributed by atoms with Crippen LogP contribution in [-0.4, -0.2) is 26.0 Å². The van der Waals surface area contributed by atoms with Crippen LogP contribution in [0.15, 0.2) is 17.3 Å². The topological polar surface area (TPSA) is 86.9 Å². The first kappa shape index (κ1) is 11.5. The van der Waals surface area contributed by atoms with Crippen molar-refractivity contribution in [3.8, 4) is 6.07 Å². The zero-order chi connectivity index (χ0) is 11.5. The Morgan fingerprint density at radius 3 is 2.87 bits per heavy atom.